The van der Waals surface area contributed by atoms with Gasteiger partial charge in [-0.1, -0.05) is 11.6 Å². The van der Waals surface area contributed by atoms with Gasteiger partial charge in [0.1, 0.15) is 5.75 Å². The maximum Gasteiger partial charge on any atom is 0.321 e. The van der Waals surface area contributed by atoms with Crippen LogP contribution in [0.25, 0.3) is 0 Å². The number of anilines is 1. The van der Waals surface area contributed by atoms with Crippen LogP contribution >= 0.6 is 22.9 Å². The fraction of sp³-hybridized carbons (Fsp3) is 0.167. The molecule has 100 valence electrons. The Bertz CT molecular complexity index is 560. The lowest BCUT2D eigenvalue weighted by molar-refractivity contribution is 0.251. The third-order valence-electron chi connectivity index (χ3n) is 2.33. The zero-order valence-electron chi connectivity index (χ0n) is 10.1. The molecule has 0 aliphatic heterocycles. The summed E-state index contributed by atoms with van der Waals surface area (Å²) in [6.07, 6.45) is 1.63. The van der Waals surface area contributed by atoms with E-state index in [-0.39, 0.29) is 6.03 Å². The molecule has 0 atom stereocenters. The topological polar surface area (TPSA) is 63.2 Å². The first kappa shape index (κ1) is 13.6. The first-order chi connectivity index (χ1) is 9.19. The molecule has 0 saturated heterocycles. The van der Waals surface area contributed by atoms with E-state index in [1.807, 2.05) is 0 Å². The van der Waals surface area contributed by atoms with Gasteiger partial charge in [-0.25, -0.2) is 9.78 Å². The molecule has 2 N–H and O–H groups in total. The molecule has 0 bridgehead atoms. The number of aromatic nitrogens is 1. The van der Waals surface area contributed by atoms with Crippen molar-refractivity contribution in [1.82, 2.24) is 10.3 Å². The Labute approximate surface area is 119 Å². The van der Waals surface area contributed by atoms with E-state index >= 15 is 0 Å². The second kappa shape index (κ2) is 6.40. The van der Waals surface area contributed by atoms with Crippen molar-refractivity contribution >= 4 is 34.1 Å². The molecule has 2 aromatic rings. The molecule has 0 aliphatic carbocycles. The maximum absolute atomic E-state index is 11.6. The lowest BCUT2D eigenvalue weighted by Crippen LogP contribution is -2.28. The van der Waals surface area contributed by atoms with Crippen molar-refractivity contribution in [2.75, 3.05) is 12.4 Å². The molecule has 0 radical (unpaired) electrons. The number of halogens is 1. The number of nitrogens with zero attached hydrogens (tertiary/aromatic N) is 1. The molecule has 1 aromatic heterocycles. The van der Waals surface area contributed by atoms with Gasteiger partial charge in [0, 0.05) is 28.7 Å². The lowest BCUT2D eigenvalue weighted by Gasteiger charge is -2.10. The third kappa shape index (κ3) is 3.84. The van der Waals surface area contributed by atoms with Gasteiger partial charge in [0.25, 0.3) is 0 Å². The summed E-state index contributed by atoms with van der Waals surface area (Å²) in [4.78, 5) is 15.6. The van der Waals surface area contributed by atoms with Crippen molar-refractivity contribution in [2.24, 2.45) is 0 Å². The summed E-state index contributed by atoms with van der Waals surface area (Å²) in [5.41, 5.74) is 0.810. The van der Waals surface area contributed by atoms with Crippen molar-refractivity contribution in [3.8, 4) is 5.75 Å². The SMILES string of the molecule is COc1ccc(Cl)cc1CNC(=O)Nc1nccs1. The van der Waals surface area contributed by atoms with Crippen molar-refractivity contribution in [3.05, 3.63) is 40.4 Å². The number of hydrogen-bond donors (Lipinski definition) is 2. The molecule has 19 heavy (non-hydrogen) atoms. The van der Waals surface area contributed by atoms with Crippen molar-refractivity contribution in [2.45, 2.75) is 6.54 Å². The molecule has 0 unspecified atom stereocenters. The highest BCUT2D eigenvalue weighted by Crippen LogP contribution is 2.22. The Hall–Kier alpha value is -1.79. The van der Waals surface area contributed by atoms with Crippen LogP contribution in [0.2, 0.25) is 5.02 Å². The molecule has 2 amide bonds. The van der Waals surface area contributed by atoms with Gasteiger partial charge >= 0.3 is 6.03 Å². The highest BCUT2D eigenvalue weighted by Gasteiger charge is 2.07. The number of thiazole rings is 1. The monoisotopic (exact) mass is 297 g/mol. The molecule has 7 heteroatoms. The molecular weight excluding hydrogens is 286 g/mol. The van der Waals surface area contributed by atoms with Gasteiger partial charge in [-0.05, 0) is 18.2 Å². The fourth-order valence-electron chi connectivity index (χ4n) is 1.49. The quantitative estimate of drug-likeness (QED) is 0.911. The van der Waals surface area contributed by atoms with E-state index in [0.29, 0.717) is 22.4 Å². The zero-order valence-corrected chi connectivity index (χ0v) is 11.7. The second-order valence-electron chi connectivity index (χ2n) is 3.60. The van der Waals surface area contributed by atoms with Crippen LogP contribution in [0.1, 0.15) is 5.56 Å². The Kier molecular flexibility index (Phi) is 4.59. The number of nitrogens with one attached hydrogen (secondary N) is 2. The normalized spacial score (nSPS) is 10.0. The average Bonchev–Trinajstić information content (AvgIpc) is 2.89. The predicted octanol–water partition coefficient (Wildman–Crippen LogP) is 3.13. The van der Waals surface area contributed by atoms with Crippen LogP contribution in [0.15, 0.2) is 29.8 Å². The number of amides is 2. The standard InChI is InChI=1S/C12H12ClN3O2S/c1-18-10-3-2-9(13)6-8(10)7-15-11(17)16-12-14-4-5-19-12/h2-6H,7H2,1H3,(H2,14,15,16,17). The second-order valence-corrected chi connectivity index (χ2v) is 4.93. The number of carbonyl (C=O) groups is 1. The summed E-state index contributed by atoms with van der Waals surface area (Å²) in [6.45, 7) is 0.320. The molecular formula is C12H12ClN3O2S. The molecule has 0 fully saturated rings. The summed E-state index contributed by atoms with van der Waals surface area (Å²) in [6, 6.07) is 4.93. The highest BCUT2D eigenvalue weighted by molar-refractivity contribution is 7.13. The van der Waals surface area contributed by atoms with Crippen LogP contribution in [-0.2, 0) is 6.54 Å². The Morgan fingerprint density at radius 2 is 2.37 bits per heavy atom. The van der Waals surface area contributed by atoms with E-state index in [1.54, 1.807) is 36.9 Å². The van der Waals surface area contributed by atoms with Crippen LogP contribution in [0, 0.1) is 0 Å². The van der Waals surface area contributed by atoms with E-state index in [4.69, 9.17) is 16.3 Å². The Morgan fingerprint density at radius 1 is 1.53 bits per heavy atom. The Morgan fingerprint density at radius 3 is 3.05 bits per heavy atom. The minimum Gasteiger partial charge on any atom is -0.496 e. The van der Waals surface area contributed by atoms with Gasteiger partial charge in [-0.2, -0.15) is 0 Å². The van der Waals surface area contributed by atoms with E-state index in [2.05, 4.69) is 15.6 Å². The molecule has 0 spiro atoms. The number of carbonyl (C=O) groups excluding carboxylic acids is 1. The number of hydrogen-bond acceptors (Lipinski definition) is 4. The molecule has 0 saturated carbocycles. The number of benzene rings is 1. The largest absolute Gasteiger partial charge is 0.496 e. The minimum absolute atomic E-state index is 0.320. The van der Waals surface area contributed by atoms with Crippen molar-refractivity contribution in [3.63, 3.8) is 0 Å². The van der Waals surface area contributed by atoms with E-state index < -0.39 is 0 Å². The fourth-order valence-corrected chi connectivity index (χ4v) is 2.21. The number of urea groups is 1. The van der Waals surface area contributed by atoms with Crippen LogP contribution in [0.3, 0.4) is 0 Å². The van der Waals surface area contributed by atoms with Crippen molar-refractivity contribution < 1.29 is 9.53 Å². The third-order valence-corrected chi connectivity index (χ3v) is 3.26. The van der Waals surface area contributed by atoms with Gasteiger partial charge in [0.2, 0.25) is 0 Å². The minimum atomic E-state index is -0.322. The molecule has 5 nitrogen and oxygen atoms in total. The average molecular weight is 298 g/mol. The van der Waals surface area contributed by atoms with Crippen LogP contribution in [0.5, 0.6) is 5.75 Å². The van der Waals surface area contributed by atoms with Crippen molar-refractivity contribution in [1.29, 1.82) is 0 Å². The number of rotatable bonds is 4. The summed E-state index contributed by atoms with van der Waals surface area (Å²) in [7, 11) is 1.57. The van der Waals surface area contributed by atoms with Crippen LogP contribution in [-0.4, -0.2) is 18.1 Å². The molecule has 1 aromatic carbocycles. The highest BCUT2D eigenvalue weighted by atomic mass is 35.5. The van der Waals surface area contributed by atoms with Crippen LogP contribution < -0.4 is 15.4 Å². The number of ether oxygens (including phenoxy) is 1. The first-order valence-electron chi connectivity index (χ1n) is 5.46. The molecule has 2 rings (SSSR count). The van der Waals surface area contributed by atoms with E-state index in [9.17, 15) is 4.79 Å². The predicted molar refractivity (Wildman–Crippen MR) is 76.0 cm³/mol. The smallest absolute Gasteiger partial charge is 0.321 e. The van der Waals surface area contributed by atoms with Gasteiger partial charge in [-0.15, -0.1) is 11.3 Å². The Balaban J connectivity index is 1.94. The summed E-state index contributed by atoms with van der Waals surface area (Å²) >= 11 is 7.27. The van der Waals surface area contributed by atoms with Crippen LogP contribution in [0.4, 0.5) is 9.93 Å². The van der Waals surface area contributed by atoms with Gasteiger partial charge in [0.05, 0.1) is 7.11 Å². The van der Waals surface area contributed by atoms with Gasteiger partial charge in [-0.3, -0.25) is 5.32 Å². The summed E-state index contributed by atoms with van der Waals surface area (Å²) in [5, 5.41) is 8.28. The summed E-state index contributed by atoms with van der Waals surface area (Å²) < 4.78 is 5.20. The molecule has 1 heterocycles. The lowest BCUT2D eigenvalue weighted by atomic mass is 10.2. The first-order valence-corrected chi connectivity index (χ1v) is 6.71. The van der Waals surface area contributed by atoms with Gasteiger partial charge in [0.15, 0.2) is 5.13 Å². The maximum atomic E-state index is 11.6. The molecule has 0 aliphatic rings. The summed E-state index contributed by atoms with van der Waals surface area (Å²) in [5.74, 6) is 0.680. The number of methoxy groups -OCH3 is 1. The zero-order chi connectivity index (χ0) is 13.7. The van der Waals surface area contributed by atoms with Gasteiger partial charge < -0.3 is 10.1 Å². The van der Waals surface area contributed by atoms with E-state index in [1.165, 1.54) is 11.3 Å². The van der Waals surface area contributed by atoms with E-state index in [0.717, 1.165) is 5.56 Å².